The zero-order valence-corrected chi connectivity index (χ0v) is 19.4. The summed E-state index contributed by atoms with van der Waals surface area (Å²) in [5.74, 6) is -0.692. The molecule has 0 aliphatic heterocycles. The summed E-state index contributed by atoms with van der Waals surface area (Å²) in [6.45, 7) is -0.652. The minimum atomic E-state index is -0.856. The summed E-state index contributed by atoms with van der Waals surface area (Å²) in [7, 11) is 1.26. The van der Waals surface area contributed by atoms with E-state index in [1.165, 1.54) is 19.2 Å². The van der Waals surface area contributed by atoms with E-state index in [0.29, 0.717) is 11.5 Å². The normalized spacial score (nSPS) is 10.6. The summed E-state index contributed by atoms with van der Waals surface area (Å²) >= 11 is 0. The second-order valence-electron chi connectivity index (χ2n) is 7.92. The molecule has 9 nitrogen and oxygen atoms in total. The molecule has 182 valence electrons. The van der Waals surface area contributed by atoms with Gasteiger partial charge in [0.05, 0.1) is 12.1 Å². The number of nitrogens with two attached hydrogens (primary N) is 1. The van der Waals surface area contributed by atoms with Gasteiger partial charge in [-0.1, -0.05) is 48.5 Å². The van der Waals surface area contributed by atoms with Crippen molar-refractivity contribution in [3.63, 3.8) is 0 Å². The number of rotatable bonds is 8. The van der Waals surface area contributed by atoms with E-state index in [1.807, 2.05) is 24.3 Å². The van der Waals surface area contributed by atoms with Crippen LogP contribution in [0.5, 0.6) is 11.5 Å². The van der Waals surface area contributed by atoms with Crippen molar-refractivity contribution >= 4 is 17.6 Å². The smallest absolute Gasteiger partial charge is 0.338 e. The van der Waals surface area contributed by atoms with Crippen molar-refractivity contribution in [3.8, 4) is 11.5 Å². The molecule has 0 aliphatic carbocycles. The summed E-state index contributed by atoms with van der Waals surface area (Å²) in [6, 6.07) is 24.3. The van der Waals surface area contributed by atoms with Crippen LogP contribution >= 0.6 is 0 Å². The van der Waals surface area contributed by atoms with Crippen LogP contribution in [0.3, 0.4) is 0 Å². The number of carbonyl (C=O) groups is 2. The van der Waals surface area contributed by atoms with Crippen LogP contribution in [0.1, 0.15) is 26.3 Å². The topological polar surface area (TPSA) is 123 Å². The van der Waals surface area contributed by atoms with Crippen LogP contribution in [-0.4, -0.2) is 27.5 Å². The van der Waals surface area contributed by atoms with Crippen molar-refractivity contribution in [2.45, 2.75) is 6.54 Å². The number of hydrogen-bond acceptors (Lipinski definition) is 7. The average Bonchev–Trinajstić information content (AvgIpc) is 2.90. The van der Waals surface area contributed by atoms with E-state index in [4.69, 9.17) is 15.2 Å². The summed E-state index contributed by atoms with van der Waals surface area (Å²) in [4.78, 5) is 50.6. The number of carbonyl (C=O) groups excluding carboxylic acids is 2. The molecule has 0 amide bonds. The number of ether oxygens (including phenoxy) is 2. The Kier molecular flexibility index (Phi) is 7.10. The molecule has 0 fully saturated rings. The molecule has 0 aliphatic rings. The lowest BCUT2D eigenvalue weighted by Gasteiger charge is -2.14. The summed E-state index contributed by atoms with van der Waals surface area (Å²) in [5.41, 5.74) is 5.10. The van der Waals surface area contributed by atoms with Gasteiger partial charge in [-0.2, -0.15) is 0 Å². The van der Waals surface area contributed by atoms with Crippen molar-refractivity contribution in [2.24, 2.45) is 7.05 Å². The maximum atomic E-state index is 12.8. The predicted octanol–water partition coefficient (Wildman–Crippen LogP) is 3.01. The zero-order valence-electron chi connectivity index (χ0n) is 19.4. The van der Waals surface area contributed by atoms with Gasteiger partial charge in [0.1, 0.15) is 22.9 Å². The lowest BCUT2D eigenvalue weighted by molar-refractivity contribution is 0.0474. The van der Waals surface area contributed by atoms with Crippen molar-refractivity contribution in [2.75, 3.05) is 12.3 Å². The number of para-hydroxylation sites is 1. The monoisotopic (exact) mass is 485 g/mol. The second-order valence-corrected chi connectivity index (χ2v) is 7.92. The van der Waals surface area contributed by atoms with Crippen molar-refractivity contribution in [1.29, 1.82) is 0 Å². The Morgan fingerprint density at radius 3 is 2.06 bits per heavy atom. The Morgan fingerprint density at radius 1 is 0.833 bits per heavy atom. The van der Waals surface area contributed by atoms with Crippen LogP contribution in [0.2, 0.25) is 0 Å². The van der Waals surface area contributed by atoms with Gasteiger partial charge in [0.25, 0.3) is 5.56 Å². The molecule has 0 bridgehead atoms. The van der Waals surface area contributed by atoms with Gasteiger partial charge in [-0.25, -0.2) is 9.59 Å². The number of ketones is 1. The van der Waals surface area contributed by atoms with E-state index in [-0.39, 0.29) is 17.9 Å². The first-order chi connectivity index (χ1) is 17.3. The Labute approximate surface area is 205 Å². The highest BCUT2D eigenvalue weighted by molar-refractivity contribution is 6.02. The molecule has 9 heteroatoms. The Balaban J connectivity index is 1.48. The molecule has 2 N–H and O–H groups in total. The molecular formula is C27H23N3O6. The fraction of sp³-hybridized carbons (Fsp3) is 0.111. The Morgan fingerprint density at radius 2 is 1.42 bits per heavy atom. The number of benzene rings is 3. The van der Waals surface area contributed by atoms with Crippen LogP contribution in [-0.2, 0) is 18.3 Å². The number of Topliss-reactive ketones (excluding diaryl/α,β-unsaturated/α-hetero) is 1. The molecular weight excluding hydrogens is 462 g/mol. The number of esters is 1. The molecule has 0 saturated heterocycles. The molecule has 0 unspecified atom stereocenters. The van der Waals surface area contributed by atoms with E-state index >= 15 is 0 Å². The van der Waals surface area contributed by atoms with Gasteiger partial charge in [0.2, 0.25) is 5.78 Å². The number of nitrogen functional groups attached to an aromatic ring is 1. The summed E-state index contributed by atoms with van der Waals surface area (Å²) in [5, 5.41) is 0. The van der Waals surface area contributed by atoms with Gasteiger partial charge in [-0.3, -0.25) is 18.7 Å². The van der Waals surface area contributed by atoms with Crippen LogP contribution < -0.4 is 21.7 Å². The fourth-order valence-corrected chi connectivity index (χ4v) is 3.53. The molecule has 0 atom stereocenters. The first-order valence-electron chi connectivity index (χ1n) is 11.0. The molecule has 0 spiro atoms. The lowest BCUT2D eigenvalue weighted by Crippen LogP contribution is -2.43. The zero-order chi connectivity index (χ0) is 25.7. The summed E-state index contributed by atoms with van der Waals surface area (Å²) < 4.78 is 12.7. The maximum absolute atomic E-state index is 12.8. The third-order valence-corrected chi connectivity index (χ3v) is 5.45. The molecule has 36 heavy (non-hydrogen) atoms. The van der Waals surface area contributed by atoms with Gasteiger partial charge in [-0.05, 0) is 42.0 Å². The van der Waals surface area contributed by atoms with Crippen molar-refractivity contribution in [1.82, 2.24) is 9.13 Å². The Hall–Kier alpha value is -4.92. The summed E-state index contributed by atoms with van der Waals surface area (Å²) in [6.07, 6.45) is 0. The molecule has 4 rings (SSSR count). The van der Waals surface area contributed by atoms with Crippen molar-refractivity contribution in [3.05, 3.63) is 122 Å². The largest absolute Gasteiger partial charge is 0.457 e. The quantitative estimate of drug-likeness (QED) is 0.301. The fourth-order valence-electron chi connectivity index (χ4n) is 3.53. The van der Waals surface area contributed by atoms with Gasteiger partial charge in [0, 0.05) is 7.05 Å². The minimum Gasteiger partial charge on any atom is -0.457 e. The molecule has 0 radical (unpaired) electrons. The second kappa shape index (κ2) is 10.6. The third-order valence-electron chi connectivity index (χ3n) is 5.45. The van der Waals surface area contributed by atoms with E-state index < -0.39 is 35.2 Å². The molecule has 3 aromatic carbocycles. The number of hydrogen-bond donors (Lipinski definition) is 1. The predicted molar refractivity (Wildman–Crippen MR) is 133 cm³/mol. The standard InChI is InChI=1S/C27H23N3O6/c1-29-25(32)23(24(28)30(27(29)34)16-18-8-4-2-5-9-18)22(31)17-35-26(33)19-12-14-21(15-13-19)36-20-10-6-3-7-11-20/h2-15H,16-17,28H2,1H3. The van der Waals surface area contributed by atoms with E-state index in [1.54, 1.807) is 48.5 Å². The molecule has 4 aromatic rings. The van der Waals surface area contributed by atoms with Gasteiger partial charge in [0.15, 0.2) is 6.61 Å². The SMILES string of the molecule is Cn1c(=O)c(C(=O)COC(=O)c2ccc(Oc3ccccc3)cc2)c(N)n(Cc2ccccc2)c1=O. The van der Waals surface area contributed by atoms with Crippen molar-refractivity contribution < 1.29 is 19.1 Å². The maximum Gasteiger partial charge on any atom is 0.338 e. The van der Waals surface area contributed by atoms with Gasteiger partial charge in [-0.15, -0.1) is 0 Å². The average molecular weight is 485 g/mol. The molecule has 0 saturated carbocycles. The first kappa shape index (κ1) is 24.2. The molecule has 1 heterocycles. The van der Waals surface area contributed by atoms with Crippen LogP contribution in [0.25, 0.3) is 0 Å². The van der Waals surface area contributed by atoms with Crippen LogP contribution in [0.15, 0.2) is 94.5 Å². The number of anilines is 1. The highest BCUT2D eigenvalue weighted by Crippen LogP contribution is 2.21. The molecule has 1 aromatic heterocycles. The minimum absolute atomic E-state index is 0.0666. The van der Waals surface area contributed by atoms with E-state index in [0.717, 1.165) is 14.7 Å². The van der Waals surface area contributed by atoms with Crippen LogP contribution in [0.4, 0.5) is 5.82 Å². The number of aromatic nitrogens is 2. The lowest BCUT2D eigenvalue weighted by atomic mass is 10.1. The van der Waals surface area contributed by atoms with E-state index in [9.17, 15) is 19.2 Å². The third kappa shape index (κ3) is 5.25. The highest BCUT2D eigenvalue weighted by Gasteiger charge is 2.23. The van der Waals surface area contributed by atoms with E-state index in [2.05, 4.69) is 0 Å². The van der Waals surface area contributed by atoms with Crippen LogP contribution in [0, 0.1) is 0 Å². The van der Waals surface area contributed by atoms with Gasteiger partial charge < -0.3 is 15.2 Å². The first-order valence-corrected chi connectivity index (χ1v) is 11.0. The highest BCUT2D eigenvalue weighted by atomic mass is 16.5. The number of nitrogens with zero attached hydrogens (tertiary/aromatic N) is 2. The Bertz CT molecular complexity index is 1510. The van der Waals surface area contributed by atoms with Gasteiger partial charge >= 0.3 is 11.7 Å².